The fourth-order valence-electron chi connectivity index (χ4n) is 2.65. The number of benzene rings is 2. The van der Waals surface area contributed by atoms with Crippen molar-refractivity contribution in [1.82, 2.24) is 4.57 Å². The Balaban J connectivity index is 2.14. The van der Waals surface area contributed by atoms with Crippen molar-refractivity contribution in [2.45, 2.75) is 12.6 Å². The van der Waals surface area contributed by atoms with E-state index in [1.165, 1.54) is 21.8 Å². The van der Waals surface area contributed by atoms with Crippen molar-refractivity contribution in [3.63, 3.8) is 0 Å². The van der Waals surface area contributed by atoms with E-state index in [0.29, 0.717) is 6.10 Å². The Labute approximate surface area is 127 Å². The molecule has 0 amide bonds. The summed E-state index contributed by atoms with van der Waals surface area (Å²) in [5.74, 6) is 0. The van der Waals surface area contributed by atoms with E-state index < -0.39 is 0 Å². The molecule has 2 heterocycles. The normalized spacial score (nSPS) is 18.3. The van der Waals surface area contributed by atoms with Crippen LogP contribution in [0.15, 0.2) is 45.3 Å². The molecule has 19 heavy (non-hydrogen) atoms. The molecule has 1 aliphatic rings. The Morgan fingerprint density at radius 1 is 1.11 bits per heavy atom. The van der Waals surface area contributed by atoms with E-state index in [0.717, 1.165) is 22.1 Å². The fourth-order valence-corrected chi connectivity index (χ4v) is 3.52. The summed E-state index contributed by atoms with van der Waals surface area (Å²) in [4.78, 5) is 0. The molecule has 3 aromatic rings. The number of nitrogens with zero attached hydrogens (tertiary/aromatic N) is 1. The van der Waals surface area contributed by atoms with Crippen LogP contribution in [0.5, 0.6) is 0 Å². The summed E-state index contributed by atoms with van der Waals surface area (Å²) in [5.41, 5.74) is 2.51. The topological polar surface area (TPSA) is 17.5 Å². The first-order valence-corrected chi connectivity index (χ1v) is 7.81. The summed E-state index contributed by atoms with van der Waals surface area (Å²) < 4.78 is 9.96. The molecule has 96 valence electrons. The summed E-state index contributed by atoms with van der Waals surface area (Å²) in [7, 11) is 0. The summed E-state index contributed by atoms with van der Waals surface area (Å²) in [6, 6.07) is 12.8. The molecule has 4 heteroatoms. The van der Waals surface area contributed by atoms with Crippen LogP contribution >= 0.6 is 31.9 Å². The third kappa shape index (κ3) is 1.85. The van der Waals surface area contributed by atoms with Crippen molar-refractivity contribution in [3.8, 4) is 0 Å². The molecule has 1 aromatic heterocycles. The third-order valence-corrected chi connectivity index (χ3v) is 5.61. The van der Waals surface area contributed by atoms with Gasteiger partial charge < -0.3 is 9.30 Å². The molecule has 0 bridgehead atoms. The van der Waals surface area contributed by atoms with Crippen LogP contribution in [-0.4, -0.2) is 17.3 Å². The number of fused-ring (bicyclic) bond motifs is 3. The Bertz CT molecular complexity index is 790. The number of hydrogen-bond acceptors (Lipinski definition) is 1. The van der Waals surface area contributed by atoms with Crippen LogP contribution in [0.4, 0.5) is 0 Å². The molecule has 0 spiro atoms. The minimum atomic E-state index is 0.366. The molecule has 2 aromatic carbocycles. The largest absolute Gasteiger partial charge is 0.371 e. The molecule has 2 nitrogen and oxygen atoms in total. The van der Waals surface area contributed by atoms with Gasteiger partial charge in [-0.25, -0.2) is 0 Å². The predicted octanol–water partition coefficient (Wildman–Crippen LogP) is 4.72. The van der Waals surface area contributed by atoms with Crippen molar-refractivity contribution in [3.05, 3.63) is 45.3 Å². The van der Waals surface area contributed by atoms with Crippen LogP contribution in [-0.2, 0) is 11.3 Å². The fraction of sp³-hybridized carbons (Fsp3) is 0.200. The van der Waals surface area contributed by atoms with E-state index in [-0.39, 0.29) is 0 Å². The monoisotopic (exact) mass is 379 g/mol. The highest BCUT2D eigenvalue weighted by atomic mass is 79.9. The molecule has 0 aliphatic carbocycles. The molecular formula is C15H11Br2NO. The second kappa shape index (κ2) is 4.33. The van der Waals surface area contributed by atoms with Gasteiger partial charge in [0.2, 0.25) is 0 Å². The standard InChI is InChI=1S/C15H11Br2NO/c16-12-6-5-11-10-3-1-2-4-13(10)18(7-9-8-19-9)15(11)14(12)17/h1-6,9H,7-8H2. The molecule has 1 saturated heterocycles. The first kappa shape index (κ1) is 11.9. The van der Waals surface area contributed by atoms with Crippen molar-refractivity contribution in [2.75, 3.05) is 6.61 Å². The van der Waals surface area contributed by atoms with Gasteiger partial charge >= 0.3 is 0 Å². The summed E-state index contributed by atoms with van der Waals surface area (Å²) in [6.45, 7) is 1.79. The Hall–Kier alpha value is -0.840. The minimum Gasteiger partial charge on any atom is -0.371 e. The van der Waals surface area contributed by atoms with Gasteiger partial charge in [-0.15, -0.1) is 0 Å². The van der Waals surface area contributed by atoms with Gasteiger partial charge in [-0.05, 0) is 44.0 Å². The van der Waals surface area contributed by atoms with Crippen molar-refractivity contribution in [2.24, 2.45) is 0 Å². The molecule has 1 atom stereocenters. The Morgan fingerprint density at radius 2 is 1.89 bits per heavy atom. The minimum absolute atomic E-state index is 0.366. The smallest absolute Gasteiger partial charge is 0.0988 e. The molecule has 0 N–H and O–H groups in total. The maximum Gasteiger partial charge on any atom is 0.0988 e. The average molecular weight is 381 g/mol. The van der Waals surface area contributed by atoms with Gasteiger partial charge in [0.25, 0.3) is 0 Å². The van der Waals surface area contributed by atoms with E-state index in [9.17, 15) is 0 Å². The van der Waals surface area contributed by atoms with Gasteiger partial charge in [-0.2, -0.15) is 0 Å². The highest BCUT2D eigenvalue weighted by Crippen LogP contribution is 2.38. The molecule has 1 fully saturated rings. The van der Waals surface area contributed by atoms with E-state index in [1.807, 2.05) is 0 Å². The highest BCUT2D eigenvalue weighted by Gasteiger charge is 2.25. The quantitative estimate of drug-likeness (QED) is 0.588. The van der Waals surface area contributed by atoms with Crippen LogP contribution in [0.1, 0.15) is 0 Å². The number of halogens is 2. The van der Waals surface area contributed by atoms with E-state index in [4.69, 9.17) is 4.74 Å². The van der Waals surface area contributed by atoms with Crippen LogP contribution in [0.3, 0.4) is 0 Å². The lowest BCUT2D eigenvalue weighted by atomic mass is 10.2. The van der Waals surface area contributed by atoms with Gasteiger partial charge in [0.05, 0.1) is 29.2 Å². The first-order chi connectivity index (χ1) is 9.25. The average Bonchev–Trinajstić information content (AvgIpc) is 3.18. The number of aromatic nitrogens is 1. The van der Waals surface area contributed by atoms with Crippen molar-refractivity contribution in [1.29, 1.82) is 0 Å². The second-order valence-electron chi connectivity index (χ2n) is 4.84. The second-order valence-corrected chi connectivity index (χ2v) is 6.49. The number of para-hydroxylation sites is 1. The maximum absolute atomic E-state index is 5.40. The zero-order valence-corrected chi connectivity index (χ0v) is 13.2. The van der Waals surface area contributed by atoms with Crippen LogP contribution in [0.2, 0.25) is 0 Å². The van der Waals surface area contributed by atoms with Gasteiger partial charge in [0, 0.05) is 20.8 Å². The van der Waals surface area contributed by atoms with Crippen LogP contribution < -0.4 is 0 Å². The van der Waals surface area contributed by atoms with Crippen LogP contribution in [0, 0.1) is 0 Å². The third-order valence-electron chi connectivity index (χ3n) is 3.61. The van der Waals surface area contributed by atoms with Gasteiger partial charge in [0.1, 0.15) is 0 Å². The molecule has 0 radical (unpaired) electrons. The zero-order valence-electron chi connectivity index (χ0n) is 10.1. The highest BCUT2D eigenvalue weighted by molar-refractivity contribution is 9.13. The number of rotatable bonds is 2. The maximum atomic E-state index is 5.40. The lowest BCUT2D eigenvalue weighted by Crippen LogP contribution is -2.03. The summed E-state index contributed by atoms with van der Waals surface area (Å²) in [6.07, 6.45) is 0.366. The van der Waals surface area contributed by atoms with Crippen LogP contribution in [0.25, 0.3) is 21.8 Å². The number of epoxide rings is 1. The van der Waals surface area contributed by atoms with E-state index in [1.54, 1.807) is 0 Å². The van der Waals surface area contributed by atoms with Gasteiger partial charge in [-0.1, -0.05) is 24.3 Å². The van der Waals surface area contributed by atoms with Gasteiger partial charge in [0.15, 0.2) is 0 Å². The number of ether oxygens (including phenoxy) is 1. The number of hydrogen-bond donors (Lipinski definition) is 0. The SMILES string of the molecule is Brc1ccc2c3ccccc3n(CC3CO3)c2c1Br. The lowest BCUT2D eigenvalue weighted by molar-refractivity contribution is 0.387. The molecule has 1 unspecified atom stereocenters. The Morgan fingerprint density at radius 3 is 2.68 bits per heavy atom. The molecule has 1 aliphatic heterocycles. The molecule has 4 rings (SSSR count). The predicted molar refractivity (Wildman–Crippen MR) is 84.6 cm³/mol. The first-order valence-electron chi connectivity index (χ1n) is 6.22. The molecule has 0 saturated carbocycles. The lowest BCUT2D eigenvalue weighted by Gasteiger charge is -2.07. The Kier molecular flexibility index (Phi) is 2.72. The van der Waals surface area contributed by atoms with E-state index >= 15 is 0 Å². The summed E-state index contributed by atoms with van der Waals surface area (Å²) in [5, 5.41) is 2.58. The zero-order chi connectivity index (χ0) is 13.0. The van der Waals surface area contributed by atoms with Crippen molar-refractivity contribution >= 4 is 53.7 Å². The van der Waals surface area contributed by atoms with Crippen molar-refractivity contribution < 1.29 is 4.74 Å². The molecular weight excluding hydrogens is 370 g/mol. The summed E-state index contributed by atoms with van der Waals surface area (Å²) >= 11 is 7.31. The van der Waals surface area contributed by atoms with Gasteiger partial charge in [-0.3, -0.25) is 0 Å². The van der Waals surface area contributed by atoms with E-state index in [2.05, 4.69) is 72.8 Å².